The first-order valence-corrected chi connectivity index (χ1v) is 9.09. The Hall–Kier alpha value is -1.73. The summed E-state index contributed by atoms with van der Waals surface area (Å²) in [5.41, 5.74) is 0.246. The van der Waals surface area contributed by atoms with E-state index < -0.39 is 11.7 Å². The third-order valence-corrected chi connectivity index (χ3v) is 5.09. The summed E-state index contributed by atoms with van der Waals surface area (Å²) in [4.78, 5) is 16.2. The molecule has 3 rings (SSSR count). The molecule has 1 aliphatic heterocycles. The number of benzene rings is 2. The normalized spacial score (nSPS) is 15.3. The van der Waals surface area contributed by atoms with E-state index in [0.717, 1.165) is 16.6 Å². The second kappa shape index (κ2) is 7.48. The van der Waals surface area contributed by atoms with Gasteiger partial charge in [0.15, 0.2) is 0 Å². The second-order valence-electron chi connectivity index (χ2n) is 5.95. The van der Waals surface area contributed by atoms with Gasteiger partial charge in [-0.2, -0.15) is 13.2 Å². The van der Waals surface area contributed by atoms with Crippen LogP contribution in [0.15, 0.2) is 46.9 Å². The highest BCUT2D eigenvalue weighted by atomic mass is 79.9. The van der Waals surface area contributed by atoms with Crippen molar-refractivity contribution < 1.29 is 18.0 Å². The number of rotatable bonds is 2. The van der Waals surface area contributed by atoms with Crippen LogP contribution in [0.4, 0.5) is 18.9 Å². The molecule has 1 fully saturated rings. The van der Waals surface area contributed by atoms with Crippen molar-refractivity contribution in [3.05, 3.63) is 63.1 Å². The first kappa shape index (κ1) is 19.0. The van der Waals surface area contributed by atoms with Gasteiger partial charge < -0.3 is 9.80 Å². The van der Waals surface area contributed by atoms with E-state index in [1.165, 1.54) is 6.07 Å². The van der Waals surface area contributed by atoms with Crippen LogP contribution in [-0.4, -0.2) is 37.0 Å². The quantitative estimate of drug-likeness (QED) is 0.641. The molecule has 1 heterocycles. The fraction of sp³-hybridized carbons (Fsp3) is 0.278. The van der Waals surface area contributed by atoms with Crippen molar-refractivity contribution in [3.63, 3.8) is 0 Å². The molecule has 0 aliphatic carbocycles. The lowest BCUT2D eigenvalue weighted by atomic mass is 10.1. The predicted molar refractivity (Wildman–Crippen MR) is 98.7 cm³/mol. The maximum absolute atomic E-state index is 12.9. The highest BCUT2D eigenvalue weighted by Crippen LogP contribution is 2.32. The van der Waals surface area contributed by atoms with Gasteiger partial charge in [0.25, 0.3) is 5.91 Å². The summed E-state index contributed by atoms with van der Waals surface area (Å²) in [5.74, 6) is -0.181. The average molecular weight is 448 g/mol. The van der Waals surface area contributed by atoms with E-state index in [2.05, 4.69) is 15.9 Å². The van der Waals surface area contributed by atoms with Crippen LogP contribution < -0.4 is 4.90 Å². The Kier molecular flexibility index (Phi) is 5.48. The molecule has 0 saturated carbocycles. The first-order valence-electron chi connectivity index (χ1n) is 7.92. The van der Waals surface area contributed by atoms with Gasteiger partial charge in [-0.3, -0.25) is 4.79 Å². The zero-order chi connectivity index (χ0) is 18.9. The van der Waals surface area contributed by atoms with Crippen LogP contribution in [0, 0.1) is 0 Å². The Morgan fingerprint density at radius 3 is 2.38 bits per heavy atom. The Bertz CT molecular complexity index is 820. The molecule has 1 amide bonds. The number of anilines is 1. The minimum absolute atomic E-state index is 0.181. The number of hydrogen-bond acceptors (Lipinski definition) is 2. The minimum Gasteiger partial charge on any atom is -0.368 e. The molecular formula is C18H15BrClF3N2O. The van der Waals surface area contributed by atoms with Crippen LogP contribution >= 0.6 is 27.5 Å². The van der Waals surface area contributed by atoms with Crippen molar-refractivity contribution in [3.8, 4) is 0 Å². The van der Waals surface area contributed by atoms with E-state index in [1.54, 1.807) is 29.2 Å². The molecule has 0 aromatic heterocycles. The Morgan fingerprint density at radius 1 is 1.04 bits per heavy atom. The van der Waals surface area contributed by atoms with E-state index in [9.17, 15) is 18.0 Å². The molecule has 2 aromatic rings. The lowest BCUT2D eigenvalue weighted by Gasteiger charge is -2.36. The molecule has 8 heteroatoms. The van der Waals surface area contributed by atoms with Gasteiger partial charge in [-0.25, -0.2) is 0 Å². The van der Waals surface area contributed by atoms with Gasteiger partial charge >= 0.3 is 6.18 Å². The number of amides is 1. The summed E-state index contributed by atoms with van der Waals surface area (Å²) in [7, 11) is 0. The molecule has 0 N–H and O–H groups in total. The molecule has 0 radical (unpaired) electrons. The number of hydrogen-bond donors (Lipinski definition) is 0. The highest BCUT2D eigenvalue weighted by molar-refractivity contribution is 9.10. The number of piperazine rings is 1. The van der Waals surface area contributed by atoms with Gasteiger partial charge in [0, 0.05) is 36.3 Å². The first-order chi connectivity index (χ1) is 12.3. The molecule has 0 bridgehead atoms. The summed E-state index contributed by atoms with van der Waals surface area (Å²) < 4.78 is 39.4. The Labute approximate surface area is 162 Å². The number of carbonyl (C=O) groups excluding carboxylic acids is 1. The zero-order valence-corrected chi connectivity index (χ0v) is 15.9. The van der Waals surface area contributed by atoms with Crippen molar-refractivity contribution in [1.29, 1.82) is 0 Å². The molecule has 1 saturated heterocycles. The Balaban J connectivity index is 1.70. The number of alkyl halides is 3. The largest absolute Gasteiger partial charge is 0.416 e. The van der Waals surface area contributed by atoms with Gasteiger partial charge in [0.05, 0.1) is 16.1 Å². The van der Waals surface area contributed by atoms with Crippen LogP contribution in [0.5, 0.6) is 0 Å². The minimum atomic E-state index is -4.37. The van der Waals surface area contributed by atoms with Crippen molar-refractivity contribution in [2.24, 2.45) is 0 Å². The molecule has 0 atom stereocenters. The van der Waals surface area contributed by atoms with Crippen molar-refractivity contribution >= 4 is 39.1 Å². The molecule has 1 aliphatic rings. The molecule has 2 aromatic carbocycles. The van der Waals surface area contributed by atoms with Crippen molar-refractivity contribution in [2.75, 3.05) is 31.1 Å². The second-order valence-corrected chi connectivity index (χ2v) is 7.27. The SMILES string of the molecule is O=C(c1cc(Br)ccc1Cl)N1CCN(c2cccc(C(F)(F)F)c2)CC1. The molecule has 0 spiro atoms. The standard InChI is InChI=1S/C18H15BrClF3N2O/c19-13-4-5-16(20)15(11-13)17(26)25-8-6-24(7-9-25)14-3-1-2-12(10-14)18(21,22)23/h1-5,10-11H,6-9H2. The summed E-state index contributed by atoms with van der Waals surface area (Å²) in [6, 6.07) is 10.3. The highest BCUT2D eigenvalue weighted by Gasteiger charge is 2.31. The van der Waals surface area contributed by atoms with Crippen LogP contribution in [0.3, 0.4) is 0 Å². The molecule has 3 nitrogen and oxygen atoms in total. The molecule has 26 heavy (non-hydrogen) atoms. The maximum atomic E-state index is 12.9. The summed E-state index contributed by atoms with van der Waals surface area (Å²) >= 11 is 9.43. The number of carbonyl (C=O) groups is 1. The maximum Gasteiger partial charge on any atom is 0.416 e. The Morgan fingerprint density at radius 2 is 1.73 bits per heavy atom. The summed E-state index contributed by atoms with van der Waals surface area (Å²) in [6.07, 6.45) is -4.37. The van der Waals surface area contributed by atoms with Gasteiger partial charge in [-0.1, -0.05) is 33.6 Å². The number of nitrogens with zero attached hydrogens (tertiary/aromatic N) is 2. The monoisotopic (exact) mass is 446 g/mol. The fourth-order valence-electron chi connectivity index (χ4n) is 2.88. The average Bonchev–Trinajstić information content (AvgIpc) is 2.63. The van der Waals surface area contributed by atoms with Gasteiger partial charge in [-0.15, -0.1) is 0 Å². The van der Waals surface area contributed by atoms with Gasteiger partial charge in [0.1, 0.15) is 0 Å². The van der Waals surface area contributed by atoms with Crippen LogP contribution in [0.1, 0.15) is 15.9 Å². The lowest BCUT2D eigenvalue weighted by Crippen LogP contribution is -2.48. The van der Waals surface area contributed by atoms with Crippen molar-refractivity contribution in [1.82, 2.24) is 4.90 Å². The lowest BCUT2D eigenvalue weighted by molar-refractivity contribution is -0.137. The third-order valence-electron chi connectivity index (χ3n) is 4.26. The molecule has 0 unspecified atom stereocenters. The van der Waals surface area contributed by atoms with Crippen LogP contribution in [-0.2, 0) is 6.18 Å². The van der Waals surface area contributed by atoms with E-state index >= 15 is 0 Å². The molecular weight excluding hydrogens is 433 g/mol. The smallest absolute Gasteiger partial charge is 0.368 e. The third kappa shape index (κ3) is 4.15. The summed E-state index contributed by atoms with van der Waals surface area (Å²) in [6.45, 7) is 1.74. The van der Waals surface area contributed by atoms with E-state index in [4.69, 9.17) is 11.6 Å². The summed E-state index contributed by atoms with van der Waals surface area (Å²) in [5, 5.41) is 0.374. The van der Waals surface area contributed by atoms with Crippen LogP contribution in [0.2, 0.25) is 5.02 Å². The number of halogens is 5. The van der Waals surface area contributed by atoms with Gasteiger partial charge in [0.2, 0.25) is 0 Å². The van der Waals surface area contributed by atoms with E-state index in [1.807, 2.05) is 4.90 Å². The topological polar surface area (TPSA) is 23.6 Å². The van der Waals surface area contributed by atoms with Crippen molar-refractivity contribution in [2.45, 2.75) is 6.18 Å². The predicted octanol–water partition coefficient (Wildman–Crippen LogP) is 5.08. The zero-order valence-electron chi connectivity index (χ0n) is 13.6. The fourth-order valence-corrected chi connectivity index (χ4v) is 3.44. The van der Waals surface area contributed by atoms with Gasteiger partial charge in [-0.05, 0) is 36.4 Å². The van der Waals surface area contributed by atoms with E-state index in [-0.39, 0.29) is 5.91 Å². The van der Waals surface area contributed by atoms with E-state index in [0.29, 0.717) is 42.5 Å². The van der Waals surface area contributed by atoms with Crippen LogP contribution in [0.25, 0.3) is 0 Å². The molecule has 138 valence electrons.